The van der Waals surface area contributed by atoms with Gasteiger partial charge >= 0.3 is 0 Å². The maximum Gasteiger partial charge on any atom is 0.230 e. The van der Waals surface area contributed by atoms with E-state index in [1.165, 1.54) is 6.42 Å². The van der Waals surface area contributed by atoms with Crippen molar-refractivity contribution in [2.24, 2.45) is 5.73 Å². The minimum absolute atomic E-state index is 0.412. The van der Waals surface area contributed by atoms with E-state index in [4.69, 9.17) is 10.2 Å². The Balaban J connectivity index is 1.50. The fourth-order valence-corrected chi connectivity index (χ4v) is 3.13. The van der Waals surface area contributed by atoms with E-state index < -0.39 is 0 Å². The number of likely N-dealkylation sites (tertiary alicyclic amines) is 2. The van der Waals surface area contributed by atoms with Crippen LogP contribution >= 0.6 is 0 Å². The molecule has 0 bridgehead atoms. The number of nitrogens with two attached hydrogens (primary N) is 1. The molecule has 2 aliphatic rings. The van der Waals surface area contributed by atoms with Crippen LogP contribution in [0.15, 0.2) is 4.42 Å². The van der Waals surface area contributed by atoms with Crippen molar-refractivity contribution in [3.05, 3.63) is 11.8 Å². The summed E-state index contributed by atoms with van der Waals surface area (Å²) in [6, 6.07) is 1.09. The van der Waals surface area contributed by atoms with E-state index in [2.05, 4.69) is 20.0 Å². The van der Waals surface area contributed by atoms with Crippen LogP contribution in [-0.4, -0.2) is 58.3 Å². The van der Waals surface area contributed by atoms with E-state index in [9.17, 15) is 0 Å². The van der Waals surface area contributed by atoms with Gasteiger partial charge in [0.15, 0.2) is 0 Å². The maximum atomic E-state index is 5.96. The summed E-state index contributed by atoms with van der Waals surface area (Å²) < 4.78 is 5.45. The van der Waals surface area contributed by atoms with Gasteiger partial charge in [-0.3, -0.25) is 9.80 Å². The zero-order chi connectivity index (χ0) is 13.2. The molecule has 1 atom stereocenters. The van der Waals surface area contributed by atoms with Crippen LogP contribution in [0.5, 0.6) is 0 Å². The summed E-state index contributed by atoms with van der Waals surface area (Å²) in [7, 11) is 0. The van der Waals surface area contributed by atoms with E-state index in [0.29, 0.717) is 18.0 Å². The first kappa shape index (κ1) is 13.0. The van der Waals surface area contributed by atoms with Crippen molar-refractivity contribution in [2.45, 2.75) is 44.8 Å². The van der Waals surface area contributed by atoms with Crippen molar-refractivity contribution >= 4 is 0 Å². The number of hydrogen-bond acceptors (Lipinski definition) is 6. The summed E-state index contributed by atoms with van der Waals surface area (Å²) >= 11 is 0. The average molecular weight is 265 g/mol. The van der Waals surface area contributed by atoms with Gasteiger partial charge in [0.1, 0.15) is 0 Å². The first-order chi connectivity index (χ1) is 9.20. The van der Waals surface area contributed by atoms with Crippen molar-refractivity contribution in [1.29, 1.82) is 0 Å². The summed E-state index contributed by atoms with van der Waals surface area (Å²) in [5.41, 5.74) is 5.96. The Bertz CT molecular complexity index is 413. The molecule has 3 rings (SSSR count). The smallest absolute Gasteiger partial charge is 0.230 e. The van der Waals surface area contributed by atoms with Crippen molar-refractivity contribution in [1.82, 2.24) is 20.0 Å². The fraction of sp³-hybridized carbons (Fsp3) is 0.846. The van der Waals surface area contributed by atoms with E-state index in [0.717, 1.165) is 51.5 Å². The minimum atomic E-state index is 0.412. The molecule has 2 fully saturated rings. The Morgan fingerprint density at radius 2 is 2.00 bits per heavy atom. The molecule has 2 saturated heterocycles. The van der Waals surface area contributed by atoms with Crippen molar-refractivity contribution in [3.8, 4) is 0 Å². The lowest BCUT2D eigenvalue weighted by Crippen LogP contribution is -2.46. The SMILES string of the molecule is Cc1nnc(CN2CCC(N3CCC(N)CC3)C2)o1. The number of rotatable bonds is 3. The normalized spacial score (nSPS) is 27.2. The van der Waals surface area contributed by atoms with Gasteiger partial charge in [0.05, 0.1) is 6.54 Å². The van der Waals surface area contributed by atoms with E-state index in [-0.39, 0.29) is 0 Å². The van der Waals surface area contributed by atoms with E-state index >= 15 is 0 Å². The van der Waals surface area contributed by atoms with E-state index in [1.54, 1.807) is 0 Å². The second-order valence-electron chi connectivity index (χ2n) is 5.77. The third kappa shape index (κ3) is 3.13. The Morgan fingerprint density at radius 3 is 2.68 bits per heavy atom. The summed E-state index contributed by atoms with van der Waals surface area (Å²) in [5.74, 6) is 1.38. The molecule has 3 heterocycles. The standard InChI is InChI=1S/C13H23N5O/c1-10-15-16-13(19-10)9-17-5-4-12(8-17)18-6-2-11(14)3-7-18/h11-12H,2-9,14H2,1H3. The molecule has 0 spiro atoms. The Kier molecular flexibility index (Phi) is 3.81. The average Bonchev–Trinajstić information content (AvgIpc) is 3.00. The number of nitrogens with zero attached hydrogens (tertiary/aromatic N) is 4. The zero-order valence-corrected chi connectivity index (χ0v) is 11.6. The maximum absolute atomic E-state index is 5.96. The highest BCUT2D eigenvalue weighted by Crippen LogP contribution is 2.21. The Labute approximate surface area is 113 Å². The van der Waals surface area contributed by atoms with Gasteiger partial charge in [-0.2, -0.15) is 0 Å². The molecule has 106 valence electrons. The van der Waals surface area contributed by atoms with Crippen LogP contribution in [0.4, 0.5) is 0 Å². The van der Waals surface area contributed by atoms with Crippen LogP contribution in [-0.2, 0) is 6.54 Å². The largest absolute Gasteiger partial charge is 0.424 e. The lowest BCUT2D eigenvalue weighted by Gasteiger charge is -2.34. The highest BCUT2D eigenvalue weighted by molar-refractivity contribution is 4.89. The number of piperidine rings is 1. The number of aromatic nitrogens is 2. The van der Waals surface area contributed by atoms with Crippen molar-refractivity contribution in [3.63, 3.8) is 0 Å². The molecule has 0 aromatic carbocycles. The Morgan fingerprint density at radius 1 is 1.21 bits per heavy atom. The highest BCUT2D eigenvalue weighted by atomic mass is 16.4. The monoisotopic (exact) mass is 265 g/mol. The van der Waals surface area contributed by atoms with Crippen LogP contribution in [0.3, 0.4) is 0 Å². The molecule has 0 saturated carbocycles. The molecule has 1 aromatic heterocycles. The third-order valence-corrected chi connectivity index (χ3v) is 4.26. The lowest BCUT2D eigenvalue weighted by atomic mass is 10.0. The first-order valence-corrected chi connectivity index (χ1v) is 7.21. The fourth-order valence-electron chi connectivity index (χ4n) is 3.13. The molecule has 2 N–H and O–H groups in total. The predicted octanol–water partition coefficient (Wildman–Crippen LogP) is 0.375. The third-order valence-electron chi connectivity index (χ3n) is 4.26. The van der Waals surface area contributed by atoms with Crippen LogP contribution < -0.4 is 5.73 Å². The van der Waals surface area contributed by atoms with Crippen LogP contribution in [0, 0.1) is 6.92 Å². The van der Waals surface area contributed by atoms with Gasteiger partial charge in [0, 0.05) is 32.1 Å². The topological polar surface area (TPSA) is 71.4 Å². The number of aryl methyl sites for hydroxylation is 1. The summed E-state index contributed by atoms with van der Waals surface area (Å²) in [5, 5.41) is 7.95. The highest BCUT2D eigenvalue weighted by Gasteiger charge is 2.30. The van der Waals surface area contributed by atoms with Crippen LogP contribution in [0.2, 0.25) is 0 Å². The molecule has 0 radical (unpaired) electrons. The number of hydrogen-bond donors (Lipinski definition) is 1. The Hall–Kier alpha value is -0.980. The first-order valence-electron chi connectivity index (χ1n) is 7.21. The molecule has 2 aliphatic heterocycles. The van der Waals surface area contributed by atoms with Gasteiger partial charge in [0.25, 0.3) is 0 Å². The van der Waals surface area contributed by atoms with Gasteiger partial charge in [-0.05, 0) is 32.4 Å². The van der Waals surface area contributed by atoms with Crippen LogP contribution in [0.1, 0.15) is 31.0 Å². The molecular weight excluding hydrogens is 242 g/mol. The van der Waals surface area contributed by atoms with Crippen molar-refractivity contribution < 1.29 is 4.42 Å². The van der Waals surface area contributed by atoms with Gasteiger partial charge in [-0.25, -0.2) is 0 Å². The van der Waals surface area contributed by atoms with Crippen molar-refractivity contribution in [2.75, 3.05) is 26.2 Å². The molecular formula is C13H23N5O. The van der Waals surface area contributed by atoms with Gasteiger partial charge in [-0.15, -0.1) is 10.2 Å². The van der Waals surface area contributed by atoms with E-state index in [1.807, 2.05) is 6.92 Å². The molecule has 1 unspecified atom stereocenters. The minimum Gasteiger partial charge on any atom is -0.424 e. The molecule has 0 aliphatic carbocycles. The van der Waals surface area contributed by atoms with Crippen LogP contribution in [0.25, 0.3) is 0 Å². The summed E-state index contributed by atoms with van der Waals surface area (Å²) in [4.78, 5) is 5.01. The summed E-state index contributed by atoms with van der Waals surface area (Å²) in [6.07, 6.45) is 3.51. The zero-order valence-electron chi connectivity index (χ0n) is 11.6. The summed E-state index contributed by atoms with van der Waals surface area (Å²) in [6.45, 7) is 7.15. The predicted molar refractivity (Wildman–Crippen MR) is 71.5 cm³/mol. The second kappa shape index (κ2) is 5.56. The van der Waals surface area contributed by atoms with Gasteiger partial charge < -0.3 is 10.2 Å². The van der Waals surface area contributed by atoms with Gasteiger partial charge in [-0.1, -0.05) is 0 Å². The molecule has 6 nitrogen and oxygen atoms in total. The van der Waals surface area contributed by atoms with Gasteiger partial charge in [0.2, 0.25) is 11.8 Å². The lowest BCUT2D eigenvalue weighted by molar-refractivity contribution is 0.150. The molecule has 6 heteroatoms. The molecule has 19 heavy (non-hydrogen) atoms. The molecule has 1 aromatic rings. The molecule has 0 amide bonds. The quantitative estimate of drug-likeness (QED) is 0.851. The second-order valence-corrected chi connectivity index (χ2v) is 5.77.